The van der Waals surface area contributed by atoms with E-state index in [-0.39, 0.29) is 16.9 Å². The first-order chi connectivity index (χ1) is 18.4. The molecule has 0 amide bonds. The van der Waals surface area contributed by atoms with E-state index >= 15 is 0 Å². The first-order valence-corrected chi connectivity index (χ1v) is 15.3. The van der Waals surface area contributed by atoms with E-state index in [1.807, 2.05) is 17.8 Å². The number of allylic oxidation sites excluding steroid dienone is 2. The zero-order valence-corrected chi connectivity index (χ0v) is 22.8. The molecule has 2 aliphatic heterocycles. The molecule has 3 aromatic rings. The van der Waals surface area contributed by atoms with Crippen molar-refractivity contribution >= 4 is 33.2 Å². The van der Waals surface area contributed by atoms with Gasteiger partial charge in [0.25, 0.3) is 10.0 Å². The average molecular weight is 551 g/mol. The van der Waals surface area contributed by atoms with Crippen molar-refractivity contribution in [2.24, 2.45) is 5.92 Å². The molecule has 3 atom stereocenters. The van der Waals surface area contributed by atoms with Gasteiger partial charge in [-0.3, -0.25) is 4.72 Å². The fraction of sp³-hybridized carbons (Fsp3) is 0.310. The van der Waals surface area contributed by atoms with Gasteiger partial charge in [0.05, 0.1) is 30.8 Å². The lowest BCUT2D eigenvalue weighted by Crippen LogP contribution is -2.31. The van der Waals surface area contributed by atoms with Crippen molar-refractivity contribution in [3.63, 3.8) is 0 Å². The highest BCUT2D eigenvalue weighted by atomic mass is 32.2. The summed E-state index contributed by atoms with van der Waals surface area (Å²) >= 11 is 1.91. The molecule has 2 N–H and O–H groups in total. The summed E-state index contributed by atoms with van der Waals surface area (Å²) in [6, 6.07) is 18.8. The molecule has 1 fully saturated rings. The largest absolute Gasteiger partial charge is 0.497 e. The third kappa shape index (κ3) is 4.69. The number of rotatable bonds is 8. The lowest BCUT2D eigenvalue weighted by atomic mass is 9.77. The monoisotopic (exact) mass is 550 g/mol. The van der Waals surface area contributed by atoms with Crippen molar-refractivity contribution in [1.29, 1.82) is 0 Å². The van der Waals surface area contributed by atoms with Crippen LogP contribution in [-0.4, -0.2) is 40.2 Å². The second-order valence-corrected chi connectivity index (χ2v) is 12.5. The number of hydrogen-bond acceptors (Lipinski definition) is 7. The van der Waals surface area contributed by atoms with E-state index in [0.717, 1.165) is 34.9 Å². The van der Waals surface area contributed by atoms with Gasteiger partial charge in [-0.15, -0.1) is 0 Å². The molecule has 0 spiro atoms. The summed E-state index contributed by atoms with van der Waals surface area (Å²) in [5.41, 5.74) is 3.50. The maximum Gasteiger partial charge on any atom is 0.262 e. The van der Waals surface area contributed by atoms with Crippen LogP contribution in [0.5, 0.6) is 17.2 Å². The van der Waals surface area contributed by atoms with E-state index in [1.54, 1.807) is 37.4 Å². The Balaban J connectivity index is 1.25. The van der Waals surface area contributed by atoms with Gasteiger partial charge in [0, 0.05) is 29.2 Å². The predicted octanol–water partition coefficient (Wildman–Crippen LogP) is 5.83. The molecule has 7 nitrogen and oxygen atoms in total. The summed E-state index contributed by atoms with van der Waals surface area (Å²) in [6.07, 6.45) is 5.66. The highest BCUT2D eigenvalue weighted by Gasteiger charge is 2.38. The van der Waals surface area contributed by atoms with E-state index in [2.05, 4.69) is 46.5 Å². The molecule has 38 heavy (non-hydrogen) atoms. The minimum Gasteiger partial charge on any atom is -0.497 e. The minimum atomic E-state index is -3.84. The van der Waals surface area contributed by atoms with Crippen molar-refractivity contribution in [3.8, 4) is 17.2 Å². The van der Waals surface area contributed by atoms with E-state index in [4.69, 9.17) is 14.2 Å². The Hall–Kier alpha value is -3.30. The third-order valence-corrected chi connectivity index (χ3v) is 10.0. The van der Waals surface area contributed by atoms with Gasteiger partial charge < -0.3 is 19.5 Å². The SMILES string of the molecule is COc1ccc(NS(=O)(=O)c2ccc3c(c2)[C@H]2C=CC[C@H]2[C@@H](c2ccc(OC4CSC4)cc2)N3)c(OC)c1. The average Bonchev–Trinajstić information content (AvgIpc) is 3.41. The van der Waals surface area contributed by atoms with Gasteiger partial charge in [-0.05, 0) is 65.9 Å². The maximum atomic E-state index is 13.4. The van der Waals surface area contributed by atoms with Crippen LogP contribution < -0.4 is 24.2 Å². The molecule has 0 unspecified atom stereocenters. The van der Waals surface area contributed by atoms with E-state index in [9.17, 15) is 8.42 Å². The summed E-state index contributed by atoms with van der Waals surface area (Å²) in [5, 5.41) is 3.69. The van der Waals surface area contributed by atoms with Gasteiger partial charge in [0.1, 0.15) is 23.4 Å². The van der Waals surface area contributed by atoms with Gasteiger partial charge in [-0.1, -0.05) is 24.3 Å². The van der Waals surface area contributed by atoms with Crippen LogP contribution in [0.25, 0.3) is 0 Å². The molecular formula is C29H30N2O5S2. The lowest BCUT2D eigenvalue weighted by molar-refractivity contribution is 0.240. The number of anilines is 2. The molecule has 0 bridgehead atoms. The lowest BCUT2D eigenvalue weighted by Gasteiger charge is -2.38. The second kappa shape index (κ2) is 10.1. The summed E-state index contributed by atoms with van der Waals surface area (Å²) in [7, 11) is -0.800. The van der Waals surface area contributed by atoms with Gasteiger partial charge in [0.15, 0.2) is 0 Å². The molecule has 3 aliphatic rings. The number of nitrogens with one attached hydrogen (secondary N) is 2. The molecule has 9 heteroatoms. The van der Waals surface area contributed by atoms with E-state index in [1.165, 1.54) is 12.7 Å². The van der Waals surface area contributed by atoms with E-state index in [0.29, 0.717) is 29.2 Å². The quantitative estimate of drug-likeness (QED) is 0.342. The Bertz CT molecular complexity index is 1470. The van der Waals surface area contributed by atoms with Crippen molar-refractivity contribution < 1.29 is 22.6 Å². The van der Waals surface area contributed by atoms with Gasteiger partial charge in [-0.2, -0.15) is 11.8 Å². The Kier molecular flexibility index (Phi) is 6.65. The Morgan fingerprint density at radius 3 is 2.45 bits per heavy atom. The Morgan fingerprint density at radius 1 is 0.947 bits per heavy atom. The molecule has 0 aromatic heterocycles. The van der Waals surface area contributed by atoms with Gasteiger partial charge in [0.2, 0.25) is 0 Å². The molecule has 6 rings (SSSR count). The van der Waals surface area contributed by atoms with Crippen LogP contribution in [0.3, 0.4) is 0 Å². The highest BCUT2D eigenvalue weighted by molar-refractivity contribution is 8.00. The number of fused-ring (bicyclic) bond motifs is 3. The van der Waals surface area contributed by atoms with Crippen molar-refractivity contribution in [2.45, 2.75) is 29.4 Å². The number of ether oxygens (including phenoxy) is 3. The first kappa shape index (κ1) is 25.0. The Morgan fingerprint density at radius 2 is 1.74 bits per heavy atom. The molecular weight excluding hydrogens is 520 g/mol. The normalized spacial score (nSPS) is 22.0. The van der Waals surface area contributed by atoms with Crippen LogP contribution >= 0.6 is 11.8 Å². The smallest absolute Gasteiger partial charge is 0.262 e. The zero-order valence-electron chi connectivity index (χ0n) is 21.2. The van der Waals surface area contributed by atoms with E-state index < -0.39 is 10.0 Å². The number of hydrogen-bond donors (Lipinski definition) is 2. The minimum absolute atomic E-state index is 0.125. The number of methoxy groups -OCH3 is 2. The zero-order chi connectivity index (χ0) is 26.3. The summed E-state index contributed by atoms with van der Waals surface area (Å²) in [4.78, 5) is 0.212. The van der Waals surface area contributed by atoms with Crippen LogP contribution in [0, 0.1) is 5.92 Å². The second-order valence-electron chi connectivity index (χ2n) is 9.74. The van der Waals surface area contributed by atoms with Crippen LogP contribution in [-0.2, 0) is 10.0 Å². The molecule has 1 aliphatic carbocycles. The van der Waals surface area contributed by atoms with Crippen LogP contribution in [0.15, 0.2) is 77.7 Å². The van der Waals surface area contributed by atoms with Crippen molar-refractivity contribution in [3.05, 3.63) is 83.9 Å². The van der Waals surface area contributed by atoms with Crippen LogP contribution in [0.2, 0.25) is 0 Å². The first-order valence-electron chi connectivity index (χ1n) is 12.6. The molecule has 3 aromatic carbocycles. The number of benzene rings is 3. The fourth-order valence-electron chi connectivity index (χ4n) is 5.38. The third-order valence-electron chi connectivity index (χ3n) is 7.45. The Labute approximate surface area is 227 Å². The summed E-state index contributed by atoms with van der Waals surface area (Å²) in [5.74, 6) is 4.41. The van der Waals surface area contributed by atoms with Gasteiger partial charge in [-0.25, -0.2) is 8.42 Å². The van der Waals surface area contributed by atoms with Crippen molar-refractivity contribution in [2.75, 3.05) is 35.8 Å². The molecule has 0 saturated carbocycles. The van der Waals surface area contributed by atoms with Crippen molar-refractivity contribution in [1.82, 2.24) is 0 Å². The topological polar surface area (TPSA) is 85.9 Å². The summed E-state index contributed by atoms with van der Waals surface area (Å²) in [6.45, 7) is 0. The highest BCUT2D eigenvalue weighted by Crippen LogP contribution is 2.50. The van der Waals surface area contributed by atoms with Crippen LogP contribution in [0.1, 0.15) is 29.5 Å². The summed E-state index contributed by atoms with van der Waals surface area (Å²) < 4.78 is 46.0. The maximum absolute atomic E-state index is 13.4. The van der Waals surface area contributed by atoms with Crippen LogP contribution in [0.4, 0.5) is 11.4 Å². The molecule has 198 valence electrons. The predicted molar refractivity (Wildman–Crippen MR) is 151 cm³/mol. The molecule has 2 heterocycles. The number of sulfonamides is 1. The number of thioether (sulfide) groups is 1. The standard InChI is InChI=1S/C29H30N2O5S2/c1-34-20-10-12-27(28(14-20)35-2)31-38(32,33)22-11-13-26-25(15-22)23-4-3-5-24(23)29(30-26)18-6-8-19(9-7-18)36-21-16-37-17-21/h3-4,6-15,21,23-24,29-31H,5,16-17H2,1-2H3/t23-,24+,29+/m0/s1. The molecule has 1 saturated heterocycles. The molecule has 0 radical (unpaired) electrons. The van der Waals surface area contributed by atoms with Gasteiger partial charge >= 0.3 is 0 Å². The fourth-order valence-corrected chi connectivity index (χ4v) is 7.05.